The van der Waals surface area contributed by atoms with Crippen LogP contribution in [0.1, 0.15) is 16.8 Å². The lowest BCUT2D eigenvalue weighted by Gasteiger charge is -2.21. The summed E-state index contributed by atoms with van der Waals surface area (Å²) in [7, 11) is 0. The van der Waals surface area contributed by atoms with Crippen molar-refractivity contribution in [3.8, 4) is 0 Å². The molecule has 108 valence electrons. The van der Waals surface area contributed by atoms with E-state index < -0.39 is 18.1 Å². The SMILES string of the molecule is O=C(O)[C@@H]1C[C@@H](O)CN1C(=O)c1ccc2ncccc2c1. The highest BCUT2D eigenvalue weighted by atomic mass is 16.4. The zero-order chi connectivity index (χ0) is 15.0. The zero-order valence-corrected chi connectivity index (χ0v) is 11.1. The molecule has 1 aromatic carbocycles. The fourth-order valence-corrected chi connectivity index (χ4v) is 2.65. The van der Waals surface area contributed by atoms with Gasteiger partial charge in [-0.25, -0.2) is 4.79 Å². The average molecular weight is 286 g/mol. The van der Waals surface area contributed by atoms with Crippen LogP contribution in [-0.4, -0.2) is 50.7 Å². The number of aliphatic carboxylic acids is 1. The third-order valence-electron chi connectivity index (χ3n) is 3.67. The van der Waals surface area contributed by atoms with Gasteiger partial charge in [0.25, 0.3) is 5.91 Å². The van der Waals surface area contributed by atoms with Crippen LogP contribution in [-0.2, 0) is 4.79 Å². The summed E-state index contributed by atoms with van der Waals surface area (Å²) in [5, 5.41) is 19.6. The minimum atomic E-state index is -1.10. The summed E-state index contributed by atoms with van der Waals surface area (Å²) in [6, 6.07) is 7.68. The summed E-state index contributed by atoms with van der Waals surface area (Å²) in [6.07, 6.45) is 0.939. The zero-order valence-electron chi connectivity index (χ0n) is 11.1. The summed E-state index contributed by atoms with van der Waals surface area (Å²) in [4.78, 5) is 29.1. The largest absolute Gasteiger partial charge is 0.480 e. The normalized spacial score (nSPS) is 21.7. The van der Waals surface area contributed by atoms with Crippen LogP contribution < -0.4 is 0 Å². The van der Waals surface area contributed by atoms with Crippen LogP contribution in [0.4, 0.5) is 0 Å². The van der Waals surface area contributed by atoms with Gasteiger partial charge >= 0.3 is 5.97 Å². The summed E-state index contributed by atoms with van der Waals surface area (Å²) < 4.78 is 0. The van der Waals surface area contributed by atoms with E-state index in [1.165, 1.54) is 4.90 Å². The summed E-state index contributed by atoms with van der Waals surface area (Å²) in [5.41, 5.74) is 1.17. The Labute approximate surface area is 120 Å². The fourth-order valence-electron chi connectivity index (χ4n) is 2.65. The summed E-state index contributed by atoms with van der Waals surface area (Å²) in [5.74, 6) is -1.48. The Morgan fingerprint density at radius 3 is 2.86 bits per heavy atom. The number of aromatic nitrogens is 1. The molecule has 6 heteroatoms. The highest BCUT2D eigenvalue weighted by Gasteiger charge is 2.39. The first kappa shape index (κ1) is 13.5. The molecule has 1 aliphatic heterocycles. The highest BCUT2D eigenvalue weighted by molar-refractivity contribution is 5.99. The number of β-amino-alcohol motifs (C(OH)–C–C–N with tert-alkyl or cyclic N) is 1. The quantitative estimate of drug-likeness (QED) is 0.855. The molecule has 1 amide bonds. The van der Waals surface area contributed by atoms with Crippen molar-refractivity contribution >= 4 is 22.8 Å². The number of carboxylic acid groups (broad SMARTS) is 1. The number of carbonyl (C=O) groups is 2. The van der Waals surface area contributed by atoms with Gasteiger partial charge in [-0.2, -0.15) is 0 Å². The molecule has 21 heavy (non-hydrogen) atoms. The number of rotatable bonds is 2. The lowest BCUT2D eigenvalue weighted by Crippen LogP contribution is -2.40. The minimum absolute atomic E-state index is 0.0425. The van der Waals surface area contributed by atoms with Crippen LogP contribution in [0.15, 0.2) is 36.5 Å². The van der Waals surface area contributed by atoms with Crippen molar-refractivity contribution in [2.45, 2.75) is 18.6 Å². The van der Waals surface area contributed by atoms with E-state index in [0.717, 1.165) is 10.9 Å². The lowest BCUT2D eigenvalue weighted by atomic mass is 10.1. The van der Waals surface area contributed by atoms with Gasteiger partial charge in [-0.3, -0.25) is 9.78 Å². The van der Waals surface area contributed by atoms with E-state index >= 15 is 0 Å². The van der Waals surface area contributed by atoms with Gasteiger partial charge in [-0.05, 0) is 24.3 Å². The molecule has 0 saturated carbocycles. The van der Waals surface area contributed by atoms with Gasteiger partial charge in [0.15, 0.2) is 0 Å². The number of pyridine rings is 1. The second-order valence-corrected chi connectivity index (χ2v) is 5.11. The van der Waals surface area contributed by atoms with Crippen molar-refractivity contribution in [3.05, 3.63) is 42.1 Å². The molecule has 0 radical (unpaired) electrons. The van der Waals surface area contributed by atoms with Gasteiger partial charge in [0.2, 0.25) is 0 Å². The van der Waals surface area contributed by atoms with E-state index in [9.17, 15) is 14.7 Å². The molecule has 1 fully saturated rings. The van der Waals surface area contributed by atoms with E-state index in [1.807, 2.05) is 6.07 Å². The molecule has 0 aliphatic carbocycles. The maximum absolute atomic E-state index is 12.5. The topological polar surface area (TPSA) is 90.7 Å². The number of carbonyl (C=O) groups excluding carboxylic acids is 1. The predicted octanol–water partition coefficient (Wildman–Crippen LogP) is 0.895. The third kappa shape index (κ3) is 2.45. The molecule has 2 heterocycles. The molecule has 1 saturated heterocycles. The molecule has 2 N–H and O–H groups in total. The van der Waals surface area contributed by atoms with Gasteiger partial charge < -0.3 is 15.1 Å². The van der Waals surface area contributed by atoms with Gasteiger partial charge in [0.05, 0.1) is 11.6 Å². The number of aliphatic hydroxyl groups is 1. The van der Waals surface area contributed by atoms with Crippen molar-refractivity contribution in [2.24, 2.45) is 0 Å². The van der Waals surface area contributed by atoms with Crippen molar-refractivity contribution in [2.75, 3.05) is 6.54 Å². The first-order valence-corrected chi connectivity index (χ1v) is 6.63. The number of aliphatic hydroxyl groups excluding tert-OH is 1. The van der Waals surface area contributed by atoms with Crippen LogP contribution in [0, 0.1) is 0 Å². The minimum Gasteiger partial charge on any atom is -0.480 e. The molecular weight excluding hydrogens is 272 g/mol. The van der Waals surface area contributed by atoms with Crippen molar-refractivity contribution in [1.29, 1.82) is 0 Å². The standard InChI is InChI=1S/C15H14N2O4/c18-11-7-13(15(20)21)17(8-11)14(19)10-3-4-12-9(6-10)2-1-5-16-12/h1-6,11,13,18H,7-8H2,(H,20,21)/t11-,13+/m1/s1. The van der Waals surface area contributed by atoms with Crippen molar-refractivity contribution < 1.29 is 19.8 Å². The van der Waals surface area contributed by atoms with Gasteiger partial charge in [-0.1, -0.05) is 6.07 Å². The Morgan fingerprint density at radius 2 is 2.10 bits per heavy atom. The maximum atomic E-state index is 12.5. The first-order chi connectivity index (χ1) is 10.1. The smallest absolute Gasteiger partial charge is 0.326 e. The molecule has 1 aliphatic rings. The number of benzene rings is 1. The molecule has 6 nitrogen and oxygen atoms in total. The molecule has 2 atom stereocenters. The molecule has 0 spiro atoms. The molecule has 0 bridgehead atoms. The highest BCUT2D eigenvalue weighted by Crippen LogP contribution is 2.22. The predicted molar refractivity (Wildman–Crippen MR) is 74.8 cm³/mol. The Balaban J connectivity index is 1.94. The molecule has 1 aromatic heterocycles. The van der Waals surface area contributed by atoms with E-state index in [1.54, 1.807) is 30.5 Å². The number of hydrogen-bond acceptors (Lipinski definition) is 4. The first-order valence-electron chi connectivity index (χ1n) is 6.63. The maximum Gasteiger partial charge on any atom is 0.326 e. The van der Waals surface area contributed by atoms with Crippen LogP contribution in [0.2, 0.25) is 0 Å². The van der Waals surface area contributed by atoms with Crippen LogP contribution >= 0.6 is 0 Å². The van der Waals surface area contributed by atoms with Gasteiger partial charge in [-0.15, -0.1) is 0 Å². The van der Waals surface area contributed by atoms with E-state index in [-0.39, 0.29) is 18.9 Å². The van der Waals surface area contributed by atoms with Crippen molar-refractivity contribution in [3.63, 3.8) is 0 Å². The van der Waals surface area contributed by atoms with Crippen molar-refractivity contribution in [1.82, 2.24) is 9.88 Å². The van der Waals surface area contributed by atoms with E-state index in [4.69, 9.17) is 5.11 Å². The van der Waals surface area contributed by atoms with Gasteiger partial charge in [0, 0.05) is 30.1 Å². The summed E-state index contributed by atoms with van der Waals surface area (Å²) in [6.45, 7) is 0.0425. The number of nitrogens with zero attached hydrogens (tertiary/aromatic N) is 2. The average Bonchev–Trinajstić information content (AvgIpc) is 2.88. The Bertz CT molecular complexity index is 716. The van der Waals surface area contributed by atoms with Crippen LogP contribution in [0.5, 0.6) is 0 Å². The second kappa shape index (κ2) is 5.14. The Kier molecular flexibility index (Phi) is 3.31. The number of carboxylic acids is 1. The molecule has 0 unspecified atom stereocenters. The lowest BCUT2D eigenvalue weighted by molar-refractivity contribution is -0.141. The second-order valence-electron chi connectivity index (χ2n) is 5.11. The summed E-state index contributed by atoms with van der Waals surface area (Å²) >= 11 is 0. The number of amides is 1. The van der Waals surface area contributed by atoms with Gasteiger partial charge in [0.1, 0.15) is 6.04 Å². The number of hydrogen-bond donors (Lipinski definition) is 2. The van der Waals surface area contributed by atoms with E-state index in [0.29, 0.717) is 5.56 Å². The molecule has 3 rings (SSSR count). The Hall–Kier alpha value is -2.47. The van der Waals surface area contributed by atoms with E-state index in [2.05, 4.69) is 4.98 Å². The van der Waals surface area contributed by atoms with Crippen LogP contribution in [0.3, 0.4) is 0 Å². The fraction of sp³-hybridized carbons (Fsp3) is 0.267. The van der Waals surface area contributed by atoms with Crippen LogP contribution in [0.25, 0.3) is 10.9 Å². The number of fused-ring (bicyclic) bond motifs is 1. The molecular formula is C15H14N2O4. The Morgan fingerprint density at radius 1 is 1.29 bits per heavy atom. The molecule has 2 aromatic rings. The monoisotopic (exact) mass is 286 g/mol. The third-order valence-corrected chi connectivity index (χ3v) is 3.67. The number of likely N-dealkylation sites (tertiary alicyclic amines) is 1.